The molecule has 114 valence electrons. The van der Waals surface area contributed by atoms with Crippen molar-refractivity contribution in [3.8, 4) is 0 Å². The number of hydrogen-bond donors (Lipinski definition) is 0. The van der Waals surface area contributed by atoms with Gasteiger partial charge in [0.15, 0.2) is 0 Å². The first-order valence-electron chi connectivity index (χ1n) is 8.52. The fourth-order valence-electron chi connectivity index (χ4n) is 6.36. The SMILES string of the molecule is CC1(C)[C@H]2[C@H]3C[C@@H]([C@H]21)[C@@]1(OC(=O)c2ccccc2)C=CC[C@@H]31. The molecule has 0 spiro atoms. The van der Waals surface area contributed by atoms with Crippen LogP contribution >= 0.6 is 0 Å². The lowest BCUT2D eigenvalue weighted by Gasteiger charge is -2.37. The average molecular weight is 294 g/mol. The van der Waals surface area contributed by atoms with Crippen LogP contribution in [0.5, 0.6) is 0 Å². The molecule has 3 saturated carbocycles. The van der Waals surface area contributed by atoms with Gasteiger partial charge in [0.05, 0.1) is 5.56 Å². The molecule has 0 radical (unpaired) electrons. The van der Waals surface area contributed by atoms with Crippen molar-refractivity contribution in [2.24, 2.45) is 35.0 Å². The van der Waals surface area contributed by atoms with E-state index in [1.54, 1.807) is 0 Å². The largest absolute Gasteiger partial charge is 0.451 e. The van der Waals surface area contributed by atoms with Gasteiger partial charge in [-0.2, -0.15) is 0 Å². The van der Waals surface area contributed by atoms with Gasteiger partial charge in [-0.05, 0) is 54.2 Å². The number of benzene rings is 1. The first kappa shape index (κ1) is 12.9. The lowest BCUT2D eigenvalue weighted by Crippen LogP contribution is -2.44. The summed E-state index contributed by atoms with van der Waals surface area (Å²) >= 11 is 0. The van der Waals surface area contributed by atoms with Crippen LogP contribution in [0, 0.1) is 35.0 Å². The Bertz CT molecular complexity index is 674. The van der Waals surface area contributed by atoms with E-state index in [1.807, 2.05) is 30.3 Å². The number of fused-ring (bicyclic) bond motifs is 8. The minimum absolute atomic E-state index is 0.153. The van der Waals surface area contributed by atoms with Crippen molar-refractivity contribution in [2.45, 2.75) is 32.3 Å². The van der Waals surface area contributed by atoms with E-state index in [4.69, 9.17) is 4.74 Å². The van der Waals surface area contributed by atoms with Gasteiger partial charge in [0, 0.05) is 11.8 Å². The van der Waals surface area contributed by atoms with Crippen LogP contribution in [0.4, 0.5) is 0 Å². The van der Waals surface area contributed by atoms with Gasteiger partial charge in [0.1, 0.15) is 5.60 Å². The number of hydrogen-bond acceptors (Lipinski definition) is 2. The Kier molecular flexibility index (Phi) is 2.26. The molecule has 0 aromatic heterocycles. The van der Waals surface area contributed by atoms with Gasteiger partial charge in [0.2, 0.25) is 0 Å². The second kappa shape index (κ2) is 3.84. The van der Waals surface area contributed by atoms with E-state index < -0.39 is 0 Å². The summed E-state index contributed by atoms with van der Waals surface area (Å²) in [6.45, 7) is 4.80. The molecule has 3 fully saturated rings. The second-order valence-electron chi connectivity index (χ2n) is 8.23. The molecule has 0 amide bonds. The normalized spacial score (nSPS) is 45.5. The van der Waals surface area contributed by atoms with Crippen molar-refractivity contribution in [1.29, 1.82) is 0 Å². The maximum atomic E-state index is 12.6. The van der Waals surface area contributed by atoms with Crippen molar-refractivity contribution >= 4 is 5.97 Å². The highest BCUT2D eigenvalue weighted by Gasteiger charge is 2.79. The third-order valence-corrected chi connectivity index (χ3v) is 7.14. The minimum Gasteiger partial charge on any atom is -0.451 e. The summed E-state index contributed by atoms with van der Waals surface area (Å²) in [5.41, 5.74) is 0.815. The molecule has 0 aliphatic heterocycles. The highest BCUT2D eigenvalue weighted by atomic mass is 16.6. The highest BCUT2D eigenvalue weighted by Crippen LogP contribution is 2.81. The number of carbonyl (C=O) groups excluding carboxylic acids is 1. The molecule has 0 unspecified atom stereocenters. The summed E-state index contributed by atoms with van der Waals surface area (Å²) in [4.78, 5) is 12.6. The molecule has 6 atom stereocenters. The molecule has 0 heterocycles. The maximum Gasteiger partial charge on any atom is 0.339 e. The Morgan fingerprint density at radius 2 is 1.91 bits per heavy atom. The van der Waals surface area contributed by atoms with Gasteiger partial charge in [-0.3, -0.25) is 0 Å². The summed E-state index contributed by atoms with van der Waals surface area (Å²) in [6.07, 6.45) is 6.83. The molecule has 5 rings (SSSR count). The Morgan fingerprint density at radius 3 is 2.68 bits per heavy atom. The van der Waals surface area contributed by atoms with Gasteiger partial charge in [-0.1, -0.05) is 38.1 Å². The number of allylic oxidation sites excluding steroid dienone is 1. The van der Waals surface area contributed by atoms with E-state index in [0.717, 1.165) is 24.2 Å². The minimum atomic E-state index is -0.313. The monoisotopic (exact) mass is 294 g/mol. The third-order valence-electron chi connectivity index (χ3n) is 7.14. The molecular weight excluding hydrogens is 272 g/mol. The zero-order chi connectivity index (χ0) is 15.1. The van der Waals surface area contributed by atoms with Crippen molar-refractivity contribution < 1.29 is 9.53 Å². The lowest BCUT2D eigenvalue weighted by atomic mass is 9.77. The molecule has 0 saturated heterocycles. The van der Waals surface area contributed by atoms with Crippen molar-refractivity contribution in [3.63, 3.8) is 0 Å². The number of rotatable bonds is 2. The second-order valence-corrected chi connectivity index (χ2v) is 8.23. The molecule has 4 aliphatic carbocycles. The molecule has 1 aromatic carbocycles. The zero-order valence-electron chi connectivity index (χ0n) is 13.2. The Balaban J connectivity index is 1.49. The first-order chi connectivity index (χ1) is 10.6. The molecule has 2 nitrogen and oxygen atoms in total. The Hall–Kier alpha value is -1.57. The van der Waals surface area contributed by atoms with Crippen LogP contribution < -0.4 is 0 Å². The van der Waals surface area contributed by atoms with Crippen molar-refractivity contribution in [1.82, 2.24) is 0 Å². The smallest absolute Gasteiger partial charge is 0.339 e. The maximum absolute atomic E-state index is 12.6. The van der Waals surface area contributed by atoms with E-state index in [0.29, 0.717) is 22.8 Å². The van der Waals surface area contributed by atoms with Gasteiger partial charge in [-0.15, -0.1) is 0 Å². The summed E-state index contributed by atoms with van der Waals surface area (Å²) in [6, 6.07) is 9.43. The summed E-state index contributed by atoms with van der Waals surface area (Å²) in [5.74, 6) is 3.27. The topological polar surface area (TPSA) is 26.3 Å². The van der Waals surface area contributed by atoms with Crippen LogP contribution in [-0.2, 0) is 4.74 Å². The molecular formula is C20H22O2. The Morgan fingerprint density at radius 1 is 1.14 bits per heavy atom. The van der Waals surface area contributed by atoms with Crippen LogP contribution in [0.15, 0.2) is 42.5 Å². The predicted molar refractivity (Wildman–Crippen MR) is 84.2 cm³/mol. The van der Waals surface area contributed by atoms with Gasteiger partial charge in [-0.25, -0.2) is 4.79 Å². The van der Waals surface area contributed by atoms with Gasteiger partial charge >= 0.3 is 5.97 Å². The molecule has 22 heavy (non-hydrogen) atoms. The summed E-state index contributed by atoms with van der Waals surface area (Å²) in [5, 5.41) is 0. The van der Waals surface area contributed by atoms with E-state index in [2.05, 4.69) is 26.0 Å². The highest BCUT2D eigenvalue weighted by molar-refractivity contribution is 5.89. The van der Waals surface area contributed by atoms with E-state index in [-0.39, 0.29) is 11.6 Å². The number of carbonyl (C=O) groups is 1. The van der Waals surface area contributed by atoms with Gasteiger partial charge in [0.25, 0.3) is 0 Å². The van der Waals surface area contributed by atoms with Crippen molar-refractivity contribution in [2.75, 3.05) is 0 Å². The molecule has 2 bridgehead atoms. The summed E-state index contributed by atoms with van der Waals surface area (Å²) < 4.78 is 6.21. The van der Waals surface area contributed by atoms with Crippen molar-refractivity contribution in [3.05, 3.63) is 48.0 Å². The quantitative estimate of drug-likeness (QED) is 0.607. The summed E-state index contributed by atoms with van der Waals surface area (Å²) in [7, 11) is 0. The number of ether oxygens (including phenoxy) is 1. The fourth-order valence-corrected chi connectivity index (χ4v) is 6.36. The van der Waals surface area contributed by atoms with E-state index in [1.165, 1.54) is 6.42 Å². The standard InChI is InChI=1S/C20H22O2/c1-19(2)16-13-11-15(17(16)19)20(10-6-9-14(13)20)22-18(21)12-7-4-3-5-8-12/h3-8,10,13-17H,9,11H2,1-2H3/t13-,14-,15-,16-,17+,20+/m0/s1. The molecule has 2 heteroatoms. The number of esters is 1. The average Bonchev–Trinajstić information content (AvgIpc) is 2.93. The lowest BCUT2D eigenvalue weighted by molar-refractivity contribution is -0.0459. The van der Waals surface area contributed by atoms with Crippen LogP contribution in [0.1, 0.15) is 37.0 Å². The van der Waals surface area contributed by atoms with Gasteiger partial charge < -0.3 is 4.74 Å². The molecule has 0 N–H and O–H groups in total. The first-order valence-corrected chi connectivity index (χ1v) is 8.52. The fraction of sp³-hybridized carbons (Fsp3) is 0.550. The van der Waals surface area contributed by atoms with E-state index >= 15 is 0 Å². The van der Waals surface area contributed by atoms with Crippen LogP contribution in [0.25, 0.3) is 0 Å². The molecule has 1 aromatic rings. The Labute approximate surface area is 131 Å². The zero-order valence-corrected chi connectivity index (χ0v) is 13.2. The third kappa shape index (κ3) is 1.35. The predicted octanol–water partition coefficient (Wildman–Crippen LogP) is 4.08. The van der Waals surface area contributed by atoms with E-state index in [9.17, 15) is 4.79 Å². The van der Waals surface area contributed by atoms with Crippen LogP contribution in [0.3, 0.4) is 0 Å². The molecule has 4 aliphatic rings. The van der Waals surface area contributed by atoms with Crippen LogP contribution in [-0.4, -0.2) is 11.6 Å². The van der Waals surface area contributed by atoms with Crippen LogP contribution in [0.2, 0.25) is 0 Å².